The summed E-state index contributed by atoms with van der Waals surface area (Å²) in [6.45, 7) is 4.71. The summed E-state index contributed by atoms with van der Waals surface area (Å²) in [4.78, 5) is 17.5. The van der Waals surface area contributed by atoms with Gasteiger partial charge in [-0.2, -0.15) is 0 Å². The molecule has 0 atom stereocenters. The van der Waals surface area contributed by atoms with Crippen LogP contribution < -0.4 is 5.32 Å². The fraction of sp³-hybridized carbons (Fsp3) is 0.250. The highest BCUT2D eigenvalue weighted by Gasteiger charge is 2.08. The van der Waals surface area contributed by atoms with Gasteiger partial charge in [0.15, 0.2) is 0 Å². The third-order valence-electron chi connectivity index (χ3n) is 2.46. The standard InChI is InChI=1S/C12H14N4O2/c1-8(2)5-6-13-12-14-10-4-3-9(16(17)18)7-11(10)15-12/h3-5,7H,6H2,1-2H3,(H2,13,14,15). The number of benzene rings is 1. The van der Waals surface area contributed by atoms with Crippen molar-refractivity contribution < 1.29 is 4.92 Å². The third kappa shape index (κ3) is 2.65. The number of imidazole rings is 1. The minimum atomic E-state index is -0.420. The molecule has 0 amide bonds. The van der Waals surface area contributed by atoms with E-state index >= 15 is 0 Å². The van der Waals surface area contributed by atoms with E-state index in [1.54, 1.807) is 6.07 Å². The second kappa shape index (κ2) is 4.87. The van der Waals surface area contributed by atoms with Crippen molar-refractivity contribution in [1.82, 2.24) is 9.97 Å². The van der Waals surface area contributed by atoms with E-state index < -0.39 is 4.92 Å². The average Bonchev–Trinajstić information content (AvgIpc) is 2.69. The molecule has 0 spiro atoms. The van der Waals surface area contributed by atoms with E-state index in [9.17, 15) is 10.1 Å². The number of nitrogens with one attached hydrogen (secondary N) is 2. The van der Waals surface area contributed by atoms with Gasteiger partial charge in [0.2, 0.25) is 5.95 Å². The van der Waals surface area contributed by atoms with Gasteiger partial charge in [0.25, 0.3) is 5.69 Å². The summed E-state index contributed by atoms with van der Waals surface area (Å²) in [7, 11) is 0. The number of aromatic nitrogens is 2. The van der Waals surface area contributed by atoms with Crippen LogP contribution in [0.3, 0.4) is 0 Å². The molecule has 6 heteroatoms. The average molecular weight is 246 g/mol. The fourth-order valence-electron chi connectivity index (χ4n) is 1.55. The molecule has 0 unspecified atom stereocenters. The SMILES string of the molecule is CC(C)=CCNc1nc2ccc([N+](=O)[O-])cc2[nH]1. The van der Waals surface area contributed by atoms with E-state index in [2.05, 4.69) is 15.3 Å². The molecule has 1 heterocycles. The van der Waals surface area contributed by atoms with Gasteiger partial charge in [-0.25, -0.2) is 4.98 Å². The molecule has 0 radical (unpaired) electrons. The molecule has 2 aromatic rings. The molecule has 0 aliphatic heterocycles. The van der Waals surface area contributed by atoms with Crippen LogP contribution >= 0.6 is 0 Å². The van der Waals surface area contributed by atoms with E-state index in [4.69, 9.17) is 0 Å². The van der Waals surface area contributed by atoms with Gasteiger partial charge in [-0.3, -0.25) is 10.1 Å². The Hall–Kier alpha value is -2.37. The van der Waals surface area contributed by atoms with E-state index in [1.165, 1.54) is 17.7 Å². The van der Waals surface area contributed by atoms with Gasteiger partial charge < -0.3 is 10.3 Å². The van der Waals surface area contributed by atoms with E-state index in [1.807, 2.05) is 19.9 Å². The Morgan fingerprint density at radius 1 is 1.56 bits per heavy atom. The quantitative estimate of drug-likeness (QED) is 0.493. The number of fused-ring (bicyclic) bond motifs is 1. The summed E-state index contributed by atoms with van der Waals surface area (Å²) < 4.78 is 0. The minimum Gasteiger partial charge on any atom is -0.352 e. The Bertz CT molecular complexity index is 612. The Morgan fingerprint density at radius 3 is 3.00 bits per heavy atom. The highest BCUT2D eigenvalue weighted by atomic mass is 16.6. The zero-order valence-corrected chi connectivity index (χ0v) is 10.2. The number of H-pyrrole nitrogens is 1. The second-order valence-electron chi connectivity index (χ2n) is 4.21. The van der Waals surface area contributed by atoms with Crippen LogP contribution in [0.4, 0.5) is 11.6 Å². The first-order valence-electron chi connectivity index (χ1n) is 5.57. The number of hydrogen-bond acceptors (Lipinski definition) is 4. The fourth-order valence-corrected chi connectivity index (χ4v) is 1.55. The molecular formula is C12H14N4O2. The van der Waals surface area contributed by atoms with Gasteiger partial charge in [-0.1, -0.05) is 11.6 Å². The lowest BCUT2D eigenvalue weighted by molar-refractivity contribution is -0.384. The summed E-state index contributed by atoms with van der Waals surface area (Å²) in [6, 6.07) is 4.56. The molecule has 1 aromatic heterocycles. The maximum Gasteiger partial charge on any atom is 0.271 e. The molecule has 94 valence electrons. The van der Waals surface area contributed by atoms with Crippen molar-refractivity contribution in [2.45, 2.75) is 13.8 Å². The van der Waals surface area contributed by atoms with E-state index in [0.717, 1.165) is 0 Å². The Balaban J connectivity index is 2.22. The van der Waals surface area contributed by atoms with Gasteiger partial charge >= 0.3 is 0 Å². The number of rotatable bonds is 4. The molecule has 0 saturated carbocycles. The molecule has 6 nitrogen and oxygen atoms in total. The van der Waals surface area contributed by atoms with Crippen molar-refractivity contribution in [3.8, 4) is 0 Å². The van der Waals surface area contributed by atoms with Crippen LogP contribution in [0.15, 0.2) is 29.8 Å². The van der Waals surface area contributed by atoms with Gasteiger partial charge in [0.05, 0.1) is 16.0 Å². The molecule has 0 saturated heterocycles. The summed E-state index contributed by atoms with van der Waals surface area (Å²) in [5, 5.41) is 13.7. The Kier molecular flexibility index (Phi) is 3.27. The van der Waals surface area contributed by atoms with E-state index in [0.29, 0.717) is 23.5 Å². The largest absolute Gasteiger partial charge is 0.352 e. The maximum atomic E-state index is 10.6. The van der Waals surface area contributed by atoms with Crippen molar-refractivity contribution >= 4 is 22.7 Å². The molecule has 18 heavy (non-hydrogen) atoms. The van der Waals surface area contributed by atoms with Crippen molar-refractivity contribution in [1.29, 1.82) is 0 Å². The number of hydrogen-bond donors (Lipinski definition) is 2. The summed E-state index contributed by atoms with van der Waals surface area (Å²) in [5.74, 6) is 0.614. The van der Waals surface area contributed by atoms with Crippen molar-refractivity contribution in [2.75, 3.05) is 11.9 Å². The van der Waals surface area contributed by atoms with Crippen LogP contribution in [0.25, 0.3) is 11.0 Å². The summed E-state index contributed by atoms with van der Waals surface area (Å²) in [5.41, 5.74) is 2.64. The lowest BCUT2D eigenvalue weighted by Crippen LogP contribution is -1.99. The van der Waals surface area contributed by atoms with Gasteiger partial charge in [-0.15, -0.1) is 0 Å². The topological polar surface area (TPSA) is 83.8 Å². The molecule has 2 N–H and O–H groups in total. The lowest BCUT2D eigenvalue weighted by Gasteiger charge is -1.97. The predicted molar refractivity (Wildman–Crippen MR) is 70.7 cm³/mol. The number of nitro groups is 1. The first kappa shape index (κ1) is 12.1. The summed E-state index contributed by atoms with van der Waals surface area (Å²) >= 11 is 0. The number of anilines is 1. The van der Waals surface area contributed by atoms with Crippen LogP contribution in [0, 0.1) is 10.1 Å². The zero-order valence-electron chi connectivity index (χ0n) is 10.2. The van der Waals surface area contributed by atoms with Gasteiger partial charge in [0, 0.05) is 18.7 Å². The minimum absolute atomic E-state index is 0.0574. The number of non-ortho nitro benzene ring substituents is 1. The second-order valence-corrected chi connectivity index (χ2v) is 4.21. The number of nitrogens with zero attached hydrogens (tertiary/aromatic N) is 2. The predicted octanol–water partition coefficient (Wildman–Crippen LogP) is 2.85. The van der Waals surface area contributed by atoms with Crippen molar-refractivity contribution in [3.63, 3.8) is 0 Å². The molecule has 1 aromatic carbocycles. The first-order valence-corrected chi connectivity index (χ1v) is 5.57. The maximum absolute atomic E-state index is 10.6. The molecule has 2 rings (SSSR count). The number of allylic oxidation sites excluding steroid dienone is 1. The van der Waals surface area contributed by atoms with Gasteiger partial charge in [-0.05, 0) is 19.9 Å². The lowest BCUT2D eigenvalue weighted by atomic mass is 10.3. The van der Waals surface area contributed by atoms with Crippen LogP contribution in [0.2, 0.25) is 0 Å². The number of aromatic amines is 1. The first-order chi connectivity index (χ1) is 8.56. The number of nitro benzene ring substituents is 1. The molecule has 0 aliphatic rings. The van der Waals surface area contributed by atoms with E-state index in [-0.39, 0.29) is 5.69 Å². The zero-order chi connectivity index (χ0) is 13.1. The highest BCUT2D eigenvalue weighted by molar-refractivity contribution is 5.79. The van der Waals surface area contributed by atoms with Crippen LogP contribution in [0.1, 0.15) is 13.8 Å². The monoisotopic (exact) mass is 246 g/mol. The van der Waals surface area contributed by atoms with Crippen LogP contribution in [0.5, 0.6) is 0 Å². The Labute approximate surface area is 104 Å². The molecular weight excluding hydrogens is 232 g/mol. The third-order valence-corrected chi connectivity index (χ3v) is 2.46. The highest BCUT2D eigenvalue weighted by Crippen LogP contribution is 2.20. The molecule has 0 fully saturated rings. The Morgan fingerprint density at radius 2 is 2.33 bits per heavy atom. The normalized spacial score (nSPS) is 10.3. The molecule has 0 bridgehead atoms. The van der Waals surface area contributed by atoms with Crippen molar-refractivity contribution in [2.24, 2.45) is 0 Å². The van der Waals surface area contributed by atoms with Gasteiger partial charge in [0.1, 0.15) is 0 Å². The van der Waals surface area contributed by atoms with Crippen LogP contribution in [-0.2, 0) is 0 Å². The molecule has 0 aliphatic carbocycles. The summed E-state index contributed by atoms with van der Waals surface area (Å²) in [6.07, 6.45) is 2.04. The van der Waals surface area contributed by atoms with Crippen molar-refractivity contribution in [3.05, 3.63) is 40.0 Å². The smallest absolute Gasteiger partial charge is 0.271 e. The van der Waals surface area contributed by atoms with Crippen LogP contribution in [-0.4, -0.2) is 21.4 Å².